The Morgan fingerprint density at radius 3 is 2.04 bits per heavy atom. The maximum Gasteiger partial charge on any atom is 0.253 e. The number of benzene rings is 2. The van der Waals surface area contributed by atoms with Crippen molar-refractivity contribution < 1.29 is 8.42 Å². The van der Waals surface area contributed by atoms with Gasteiger partial charge >= 0.3 is 0 Å². The maximum atomic E-state index is 13.1. The summed E-state index contributed by atoms with van der Waals surface area (Å²) >= 11 is 1.26. The molecule has 142 valence electrons. The van der Waals surface area contributed by atoms with Gasteiger partial charge in [0, 0.05) is 13.1 Å². The molecule has 27 heavy (non-hydrogen) atoms. The molecule has 0 atom stereocenters. The highest BCUT2D eigenvalue weighted by Crippen LogP contribution is 2.25. The molecule has 0 spiro atoms. The number of sulfonamides is 1. The summed E-state index contributed by atoms with van der Waals surface area (Å²) in [4.78, 5) is 0. The molecule has 0 bridgehead atoms. The normalized spacial score (nSPS) is 11.8. The molecule has 0 saturated heterocycles. The molecule has 5 heteroatoms. The van der Waals surface area contributed by atoms with Gasteiger partial charge in [-0.05, 0) is 41.0 Å². The van der Waals surface area contributed by atoms with Crippen molar-refractivity contribution in [2.24, 2.45) is 0 Å². The SMILES string of the molecule is CCCCc1ccc(CN(Cc2ccccc2)S(=O)(=O)c2cccs2)cc1. The van der Waals surface area contributed by atoms with Gasteiger partial charge in [0.2, 0.25) is 0 Å². The van der Waals surface area contributed by atoms with Crippen molar-refractivity contribution >= 4 is 21.4 Å². The summed E-state index contributed by atoms with van der Waals surface area (Å²) in [5.74, 6) is 0. The topological polar surface area (TPSA) is 37.4 Å². The van der Waals surface area contributed by atoms with Crippen LogP contribution in [0.4, 0.5) is 0 Å². The molecule has 0 aliphatic carbocycles. The van der Waals surface area contributed by atoms with Crippen LogP contribution in [0, 0.1) is 0 Å². The van der Waals surface area contributed by atoms with Crippen LogP contribution in [0.3, 0.4) is 0 Å². The molecule has 1 heterocycles. The standard InChI is InChI=1S/C22H25NO2S2/c1-2-3-8-19-12-14-21(15-13-19)18-23(17-20-9-5-4-6-10-20)27(24,25)22-11-7-16-26-22/h4-7,9-16H,2-3,8,17-18H2,1H3. The van der Waals surface area contributed by atoms with Gasteiger partial charge in [0.15, 0.2) is 0 Å². The molecule has 1 aromatic heterocycles. The van der Waals surface area contributed by atoms with Crippen LogP contribution in [0.5, 0.6) is 0 Å². The van der Waals surface area contributed by atoms with E-state index in [0.717, 1.165) is 17.5 Å². The zero-order chi connectivity index (χ0) is 19.1. The van der Waals surface area contributed by atoms with Gasteiger partial charge in [0.1, 0.15) is 4.21 Å². The second kappa shape index (κ2) is 9.31. The van der Waals surface area contributed by atoms with E-state index < -0.39 is 10.0 Å². The first kappa shape index (κ1) is 19.8. The van der Waals surface area contributed by atoms with Crippen LogP contribution in [0.25, 0.3) is 0 Å². The molecule has 0 saturated carbocycles. The summed E-state index contributed by atoms with van der Waals surface area (Å²) in [5.41, 5.74) is 3.29. The van der Waals surface area contributed by atoms with Gasteiger partial charge in [-0.3, -0.25) is 0 Å². The number of hydrogen-bond acceptors (Lipinski definition) is 3. The Labute approximate surface area is 166 Å². The summed E-state index contributed by atoms with van der Waals surface area (Å²) in [5, 5.41) is 1.80. The van der Waals surface area contributed by atoms with E-state index in [4.69, 9.17) is 0 Å². The number of thiophene rings is 1. The van der Waals surface area contributed by atoms with Crippen LogP contribution in [-0.4, -0.2) is 12.7 Å². The lowest BCUT2D eigenvalue weighted by molar-refractivity contribution is 0.402. The minimum absolute atomic E-state index is 0.360. The van der Waals surface area contributed by atoms with Crippen LogP contribution >= 0.6 is 11.3 Å². The van der Waals surface area contributed by atoms with Crippen molar-refractivity contribution in [3.05, 3.63) is 88.8 Å². The maximum absolute atomic E-state index is 13.1. The highest BCUT2D eigenvalue weighted by Gasteiger charge is 2.25. The Balaban J connectivity index is 1.83. The third-order valence-corrected chi connectivity index (χ3v) is 7.66. The third-order valence-electron chi connectivity index (χ3n) is 4.49. The van der Waals surface area contributed by atoms with Crippen LogP contribution in [-0.2, 0) is 29.5 Å². The van der Waals surface area contributed by atoms with E-state index in [2.05, 4.69) is 19.1 Å². The highest BCUT2D eigenvalue weighted by atomic mass is 32.2. The van der Waals surface area contributed by atoms with Crippen LogP contribution in [0.15, 0.2) is 76.3 Å². The fourth-order valence-electron chi connectivity index (χ4n) is 2.95. The molecule has 0 aliphatic rings. The minimum atomic E-state index is -3.53. The summed E-state index contributed by atoms with van der Waals surface area (Å²) in [6.07, 6.45) is 3.41. The second-order valence-corrected chi connectivity index (χ2v) is 9.72. The van der Waals surface area contributed by atoms with Gasteiger partial charge in [-0.2, -0.15) is 4.31 Å². The number of aryl methyl sites for hydroxylation is 1. The van der Waals surface area contributed by atoms with Gasteiger partial charge in [-0.15, -0.1) is 11.3 Å². The average molecular weight is 400 g/mol. The van der Waals surface area contributed by atoms with Crippen molar-refractivity contribution in [2.75, 3.05) is 0 Å². The van der Waals surface area contributed by atoms with E-state index in [1.807, 2.05) is 42.5 Å². The van der Waals surface area contributed by atoms with Gasteiger partial charge in [-0.25, -0.2) is 8.42 Å². The van der Waals surface area contributed by atoms with Crippen LogP contribution in [0.2, 0.25) is 0 Å². The molecule has 2 aromatic carbocycles. The molecule has 3 rings (SSSR count). The second-order valence-electron chi connectivity index (χ2n) is 6.61. The van der Waals surface area contributed by atoms with E-state index in [0.29, 0.717) is 17.3 Å². The Morgan fingerprint density at radius 1 is 0.815 bits per heavy atom. The van der Waals surface area contributed by atoms with Gasteiger partial charge in [0.05, 0.1) is 0 Å². The molecule has 3 nitrogen and oxygen atoms in total. The van der Waals surface area contributed by atoms with Crippen molar-refractivity contribution in [3.63, 3.8) is 0 Å². The Hall–Kier alpha value is -1.95. The Kier molecular flexibility index (Phi) is 6.83. The van der Waals surface area contributed by atoms with Crippen LogP contribution < -0.4 is 0 Å². The molecule has 0 amide bonds. The van der Waals surface area contributed by atoms with E-state index in [-0.39, 0.29) is 0 Å². The fourth-order valence-corrected chi connectivity index (χ4v) is 5.51. The molecule has 0 fully saturated rings. The van der Waals surface area contributed by atoms with Crippen molar-refractivity contribution in [1.82, 2.24) is 4.31 Å². The van der Waals surface area contributed by atoms with Gasteiger partial charge in [-0.1, -0.05) is 74.0 Å². The monoisotopic (exact) mass is 399 g/mol. The molecular formula is C22H25NO2S2. The zero-order valence-corrected chi connectivity index (χ0v) is 17.2. The van der Waals surface area contributed by atoms with Gasteiger partial charge in [0.25, 0.3) is 10.0 Å². The molecular weight excluding hydrogens is 374 g/mol. The van der Waals surface area contributed by atoms with Crippen molar-refractivity contribution in [3.8, 4) is 0 Å². The number of nitrogens with zero attached hydrogens (tertiary/aromatic N) is 1. The largest absolute Gasteiger partial charge is 0.253 e. The van der Waals surface area contributed by atoms with E-state index in [9.17, 15) is 8.42 Å². The third kappa shape index (κ3) is 5.28. The lowest BCUT2D eigenvalue weighted by Crippen LogP contribution is -2.29. The Bertz CT molecular complexity index is 918. The Morgan fingerprint density at radius 2 is 1.44 bits per heavy atom. The number of hydrogen-bond donors (Lipinski definition) is 0. The minimum Gasteiger partial charge on any atom is -0.206 e. The van der Waals surface area contributed by atoms with Crippen LogP contribution in [0.1, 0.15) is 36.5 Å². The smallest absolute Gasteiger partial charge is 0.206 e. The molecule has 3 aromatic rings. The molecule has 0 aliphatic heterocycles. The van der Waals surface area contributed by atoms with E-state index in [1.165, 1.54) is 29.7 Å². The molecule has 0 radical (unpaired) electrons. The molecule has 0 N–H and O–H groups in total. The van der Waals surface area contributed by atoms with E-state index >= 15 is 0 Å². The first-order valence-electron chi connectivity index (χ1n) is 9.25. The summed E-state index contributed by atoms with van der Waals surface area (Å²) in [6.45, 7) is 2.91. The number of rotatable bonds is 9. The van der Waals surface area contributed by atoms with Crippen molar-refractivity contribution in [2.45, 2.75) is 43.5 Å². The first-order valence-corrected chi connectivity index (χ1v) is 11.6. The quantitative estimate of drug-likeness (QED) is 0.478. The van der Waals surface area contributed by atoms with Crippen molar-refractivity contribution in [1.29, 1.82) is 0 Å². The lowest BCUT2D eigenvalue weighted by Gasteiger charge is -2.22. The molecule has 0 unspecified atom stereocenters. The van der Waals surface area contributed by atoms with E-state index in [1.54, 1.807) is 21.8 Å². The summed E-state index contributed by atoms with van der Waals surface area (Å²) in [7, 11) is -3.53. The average Bonchev–Trinajstić information content (AvgIpc) is 3.23. The lowest BCUT2D eigenvalue weighted by atomic mass is 10.1. The predicted molar refractivity (Wildman–Crippen MR) is 112 cm³/mol. The highest BCUT2D eigenvalue weighted by molar-refractivity contribution is 7.91. The fraction of sp³-hybridized carbons (Fsp3) is 0.273. The number of unbranched alkanes of at least 4 members (excludes halogenated alkanes) is 1. The van der Waals surface area contributed by atoms with Gasteiger partial charge < -0.3 is 0 Å². The predicted octanol–water partition coefficient (Wildman–Crippen LogP) is 5.48. The first-order chi connectivity index (χ1) is 13.1. The zero-order valence-electron chi connectivity index (χ0n) is 15.5. The summed E-state index contributed by atoms with van der Waals surface area (Å²) < 4.78 is 28.2. The summed E-state index contributed by atoms with van der Waals surface area (Å²) in [6, 6.07) is 21.5.